The highest BCUT2D eigenvalue weighted by molar-refractivity contribution is 7.89. The minimum absolute atomic E-state index is 0.343. The predicted molar refractivity (Wildman–Crippen MR) is 90.1 cm³/mol. The lowest BCUT2D eigenvalue weighted by molar-refractivity contribution is 0.289. The molecular formula is C15H28N2O2S2. The van der Waals surface area contributed by atoms with Crippen molar-refractivity contribution in [1.29, 1.82) is 0 Å². The molecule has 0 amide bonds. The highest BCUT2D eigenvalue weighted by Crippen LogP contribution is 2.24. The Morgan fingerprint density at radius 1 is 1.19 bits per heavy atom. The molecule has 0 unspecified atom stereocenters. The van der Waals surface area contributed by atoms with E-state index in [0.717, 1.165) is 11.4 Å². The monoisotopic (exact) mass is 332 g/mol. The molecule has 0 atom stereocenters. The van der Waals surface area contributed by atoms with Gasteiger partial charge >= 0.3 is 0 Å². The molecule has 0 aliphatic carbocycles. The van der Waals surface area contributed by atoms with E-state index < -0.39 is 10.0 Å². The van der Waals surface area contributed by atoms with E-state index in [9.17, 15) is 8.42 Å². The molecule has 1 rings (SSSR count). The predicted octanol–water partition coefficient (Wildman–Crippen LogP) is 3.06. The van der Waals surface area contributed by atoms with Crippen LogP contribution in [0.1, 0.15) is 39.5 Å². The molecule has 122 valence electrons. The number of hydrogen-bond donors (Lipinski definition) is 2. The molecule has 2 N–H and O–H groups in total. The van der Waals surface area contributed by atoms with Gasteiger partial charge in [-0.15, -0.1) is 11.3 Å². The van der Waals surface area contributed by atoms with Crippen LogP contribution in [-0.2, 0) is 16.6 Å². The molecule has 4 nitrogen and oxygen atoms in total. The Hall–Kier alpha value is -0.430. The summed E-state index contributed by atoms with van der Waals surface area (Å²) >= 11 is 1.48. The van der Waals surface area contributed by atoms with Crippen LogP contribution in [0.2, 0.25) is 0 Å². The summed E-state index contributed by atoms with van der Waals surface area (Å²) < 4.78 is 27.8. The second kappa shape index (κ2) is 8.27. The van der Waals surface area contributed by atoms with Gasteiger partial charge in [-0.1, -0.05) is 34.6 Å². The molecule has 1 heterocycles. The number of sulfonamides is 1. The van der Waals surface area contributed by atoms with E-state index in [2.05, 4.69) is 37.7 Å². The maximum atomic E-state index is 12.5. The van der Waals surface area contributed by atoms with Crippen molar-refractivity contribution in [1.82, 2.24) is 10.0 Å². The van der Waals surface area contributed by atoms with Gasteiger partial charge in [0, 0.05) is 18.0 Å². The summed E-state index contributed by atoms with van der Waals surface area (Å²) in [5.74, 6) is 1.25. The first-order chi connectivity index (χ1) is 9.79. The normalized spacial score (nSPS) is 12.8. The second-order valence-corrected chi connectivity index (χ2v) is 8.73. The molecule has 1 aromatic rings. The highest BCUT2D eigenvalue weighted by atomic mass is 32.2. The van der Waals surface area contributed by atoms with E-state index in [1.54, 1.807) is 6.07 Å². The van der Waals surface area contributed by atoms with Crippen molar-refractivity contribution >= 4 is 21.4 Å². The quantitative estimate of drug-likeness (QED) is 0.731. The van der Waals surface area contributed by atoms with E-state index in [4.69, 9.17) is 0 Å². The molecule has 0 aliphatic heterocycles. The van der Waals surface area contributed by atoms with Crippen LogP contribution in [0.15, 0.2) is 16.3 Å². The Morgan fingerprint density at radius 3 is 2.33 bits per heavy atom. The fourth-order valence-electron chi connectivity index (χ4n) is 2.46. The number of rotatable bonds is 9. The van der Waals surface area contributed by atoms with E-state index in [1.165, 1.54) is 11.3 Å². The van der Waals surface area contributed by atoms with Crippen molar-refractivity contribution in [3.05, 3.63) is 16.3 Å². The number of hydrogen-bond acceptors (Lipinski definition) is 4. The Labute approximate surface area is 133 Å². The summed E-state index contributed by atoms with van der Waals surface area (Å²) in [6.07, 6.45) is 0. The minimum atomic E-state index is -3.42. The Balaban J connectivity index is 2.80. The minimum Gasteiger partial charge on any atom is -0.312 e. The van der Waals surface area contributed by atoms with Gasteiger partial charge in [-0.3, -0.25) is 0 Å². The van der Waals surface area contributed by atoms with Crippen molar-refractivity contribution in [3.63, 3.8) is 0 Å². The molecule has 0 saturated heterocycles. The fourth-order valence-corrected chi connectivity index (χ4v) is 4.94. The molecule has 0 spiro atoms. The molecule has 0 saturated carbocycles. The smallest absolute Gasteiger partial charge is 0.241 e. The SMILES string of the molecule is CCNCc1sccc1S(=O)(=O)NCC(C(C)C)C(C)C. The molecule has 0 radical (unpaired) electrons. The zero-order valence-electron chi connectivity index (χ0n) is 13.6. The van der Waals surface area contributed by atoms with Crippen LogP contribution >= 0.6 is 11.3 Å². The van der Waals surface area contributed by atoms with Crippen molar-refractivity contribution in [2.75, 3.05) is 13.1 Å². The van der Waals surface area contributed by atoms with Crippen LogP contribution < -0.4 is 10.0 Å². The molecule has 0 fully saturated rings. The van der Waals surface area contributed by atoms with Gasteiger partial charge in [0.2, 0.25) is 10.0 Å². The molecule has 0 bridgehead atoms. The van der Waals surface area contributed by atoms with Crippen LogP contribution in [0.4, 0.5) is 0 Å². The number of thiophene rings is 1. The second-order valence-electron chi connectivity index (χ2n) is 5.99. The molecule has 0 aliphatic rings. The van der Waals surface area contributed by atoms with Gasteiger partial charge in [0.1, 0.15) is 0 Å². The van der Waals surface area contributed by atoms with Gasteiger partial charge in [0.15, 0.2) is 0 Å². The van der Waals surface area contributed by atoms with E-state index in [0.29, 0.717) is 35.7 Å². The Morgan fingerprint density at radius 2 is 1.81 bits per heavy atom. The maximum absolute atomic E-state index is 12.5. The topological polar surface area (TPSA) is 58.2 Å². The standard InChI is InChI=1S/C15H28N2O2S2/c1-6-16-10-14-15(7-8-20-14)21(18,19)17-9-13(11(2)3)12(4)5/h7-8,11-13,16-17H,6,9-10H2,1-5H3. The summed E-state index contributed by atoms with van der Waals surface area (Å²) in [7, 11) is -3.42. The highest BCUT2D eigenvalue weighted by Gasteiger charge is 2.23. The lowest BCUT2D eigenvalue weighted by atomic mass is 9.86. The van der Waals surface area contributed by atoms with E-state index in [-0.39, 0.29) is 0 Å². The van der Waals surface area contributed by atoms with Crippen molar-refractivity contribution in [3.8, 4) is 0 Å². The van der Waals surface area contributed by atoms with Gasteiger partial charge in [-0.25, -0.2) is 13.1 Å². The van der Waals surface area contributed by atoms with Crippen LogP contribution in [0.3, 0.4) is 0 Å². The van der Waals surface area contributed by atoms with Gasteiger partial charge < -0.3 is 5.32 Å². The number of nitrogens with one attached hydrogen (secondary N) is 2. The van der Waals surface area contributed by atoms with Gasteiger partial charge in [-0.2, -0.15) is 0 Å². The molecular weight excluding hydrogens is 304 g/mol. The molecule has 6 heteroatoms. The van der Waals surface area contributed by atoms with Crippen molar-refractivity contribution in [2.45, 2.75) is 46.1 Å². The van der Waals surface area contributed by atoms with Crippen molar-refractivity contribution < 1.29 is 8.42 Å². The zero-order chi connectivity index (χ0) is 16.0. The first-order valence-electron chi connectivity index (χ1n) is 7.56. The maximum Gasteiger partial charge on any atom is 0.241 e. The third-order valence-electron chi connectivity index (χ3n) is 3.75. The summed E-state index contributed by atoms with van der Waals surface area (Å²) in [4.78, 5) is 1.29. The van der Waals surface area contributed by atoms with Crippen LogP contribution in [0.25, 0.3) is 0 Å². The Kier molecular flexibility index (Phi) is 7.33. The third kappa shape index (κ3) is 5.36. The first-order valence-corrected chi connectivity index (χ1v) is 9.92. The molecule has 1 aromatic heterocycles. The molecule has 21 heavy (non-hydrogen) atoms. The van der Waals surface area contributed by atoms with E-state index in [1.807, 2.05) is 12.3 Å². The van der Waals surface area contributed by atoms with Crippen LogP contribution in [0.5, 0.6) is 0 Å². The van der Waals surface area contributed by atoms with Gasteiger partial charge in [0.05, 0.1) is 4.90 Å². The van der Waals surface area contributed by atoms with Crippen LogP contribution in [0, 0.1) is 17.8 Å². The average molecular weight is 333 g/mol. The lowest BCUT2D eigenvalue weighted by Gasteiger charge is -2.25. The largest absolute Gasteiger partial charge is 0.312 e. The first kappa shape index (κ1) is 18.6. The van der Waals surface area contributed by atoms with Crippen LogP contribution in [-0.4, -0.2) is 21.5 Å². The lowest BCUT2D eigenvalue weighted by Crippen LogP contribution is -2.34. The summed E-state index contributed by atoms with van der Waals surface area (Å²) in [5.41, 5.74) is 0. The summed E-state index contributed by atoms with van der Waals surface area (Å²) in [6.45, 7) is 12.5. The Bertz CT molecular complexity index is 514. The summed E-state index contributed by atoms with van der Waals surface area (Å²) in [6, 6.07) is 1.69. The van der Waals surface area contributed by atoms with E-state index >= 15 is 0 Å². The van der Waals surface area contributed by atoms with Crippen molar-refractivity contribution in [2.24, 2.45) is 17.8 Å². The zero-order valence-corrected chi connectivity index (χ0v) is 15.3. The van der Waals surface area contributed by atoms with Gasteiger partial charge in [-0.05, 0) is 35.7 Å². The molecule has 0 aromatic carbocycles. The summed E-state index contributed by atoms with van der Waals surface area (Å²) in [5, 5.41) is 5.02. The fraction of sp³-hybridized carbons (Fsp3) is 0.733. The third-order valence-corrected chi connectivity index (χ3v) is 6.31. The average Bonchev–Trinajstić information content (AvgIpc) is 2.84. The van der Waals surface area contributed by atoms with Gasteiger partial charge in [0.25, 0.3) is 0 Å².